The zero-order chi connectivity index (χ0) is 16.0. The Bertz CT molecular complexity index is 532. The number of benzene rings is 1. The summed E-state index contributed by atoms with van der Waals surface area (Å²) in [6, 6.07) is 4.09. The van der Waals surface area contributed by atoms with E-state index in [2.05, 4.69) is 10.6 Å². The molecule has 4 N–H and O–H groups in total. The Morgan fingerprint density at radius 3 is 2.57 bits per heavy atom. The smallest absolute Gasteiger partial charge is 0.335 e. The highest BCUT2D eigenvalue weighted by Crippen LogP contribution is 2.23. The summed E-state index contributed by atoms with van der Waals surface area (Å²) in [6.07, 6.45) is 0.509. The first-order valence-corrected chi connectivity index (χ1v) is 6.81. The van der Waals surface area contributed by atoms with Crippen LogP contribution in [0.5, 0.6) is 0 Å². The molecule has 116 valence electrons. The first-order chi connectivity index (χ1) is 9.75. The van der Waals surface area contributed by atoms with E-state index in [1.54, 1.807) is 0 Å². The van der Waals surface area contributed by atoms with Gasteiger partial charge in [-0.3, -0.25) is 4.79 Å². The molecule has 7 heteroatoms. The number of amides is 1. The first-order valence-electron chi connectivity index (χ1n) is 6.44. The van der Waals surface area contributed by atoms with Gasteiger partial charge in [-0.05, 0) is 38.5 Å². The summed E-state index contributed by atoms with van der Waals surface area (Å²) in [4.78, 5) is 22.7. The molecule has 0 saturated heterocycles. The number of aromatic carboxylic acids is 1. The minimum atomic E-state index is -1.09. The van der Waals surface area contributed by atoms with Crippen molar-refractivity contribution in [3.05, 3.63) is 28.8 Å². The van der Waals surface area contributed by atoms with Crippen molar-refractivity contribution in [1.29, 1.82) is 0 Å². The molecule has 0 spiro atoms. The number of hydrogen-bond donors (Lipinski definition) is 4. The van der Waals surface area contributed by atoms with E-state index in [1.807, 2.05) is 13.8 Å². The van der Waals surface area contributed by atoms with Crippen LogP contribution >= 0.6 is 11.6 Å². The lowest BCUT2D eigenvalue weighted by Gasteiger charge is -2.25. The number of rotatable bonds is 7. The Labute approximate surface area is 128 Å². The average molecular weight is 315 g/mol. The van der Waals surface area contributed by atoms with Crippen molar-refractivity contribution < 1.29 is 19.8 Å². The Hall–Kier alpha value is -1.63. The van der Waals surface area contributed by atoms with Gasteiger partial charge in [0.1, 0.15) is 0 Å². The number of carboxylic acids is 1. The van der Waals surface area contributed by atoms with Crippen LogP contribution in [0.1, 0.15) is 30.6 Å². The minimum absolute atomic E-state index is 0.0219. The molecule has 1 rings (SSSR count). The van der Waals surface area contributed by atoms with Crippen molar-refractivity contribution in [2.45, 2.75) is 25.8 Å². The van der Waals surface area contributed by atoms with Crippen molar-refractivity contribution in [3.63, 3.8) is 0 Å². The third kappa shape index (κ3) is 5.71. The van der Waals surface area contributed by atoms with E-state index < -0.39 is 5.97 Å². The molecule has 1 aromatic rings. The fraction of sp³-hybridized carbons (Fsp3) is 0.429. The zero-order valence-corrected chi connectivity index (χ0v) is 12.7. The molecule has 0 bridgehead atoms. The predicted molar refractivity (Wildman–Crippen MR) is 80.8 cm³/mol. The van der Waals surface area contributed by atoms with Crippen molar-refractivity contribution in [2.75, 3.05) is 18.5 Å². The molecule has 0 fully saturated rings. The molecule has 0 aliphatic rings. The number of aliphatic hydroxyl groups is 1. The van der Waals surface area contributed by atoms with Crippen LogP contribution in [-0.2, 0) is 4.79 Å². The van der Waals surface area contributed by atoms with Crippen molar-refractivity contribution >= 4 is 29.2 Å². The van der Waals surface area contributed by atoms with Gasteiger partial charge in [-0.2, -0.15) is 0 Å². The number of carbonyl (C=O) groups is 2. The fourth-order valence-electron chi connectivity index (χ4n) is 1.64. The van der Waals surface area contributed by atoms with Crippen LogP contribution in [0, 0.1) is 0 Å². The van der Waals surface area contributed by atoms with E-state index in [-0.39, 0.29) is 40.9 Å². The second kappa shape index (κ2) is 7.40. The van der Waals surface area contributed by atoms with E-state index >= 15 is 0 Å². The number of hydrogen-bond acceptors (Lipinski definition) is 4. The number of carbonyl (C=O) groups excluding carboxylic acids is 1. The molecule has 0 aromatic heterocycles. The molecular formula is C14H19ClN2O4. The van der Waals surface area contributed by atoms with Gasteiger partial charge < -0.3 is 20.8 Å². The van der Waals surface area contributed by atoms with Gasteiger partial charge in [0, 0.05) is 12.1 Å². The number of halogens is 1. The molecule has 0 unspecified atom stereocenters. The molecule has 6 nitrogen and oxygen atoms in total. The molecule has 0 aliphatic heterocycles. The maximum Gasteiger partial charge on any atom is 0.335 e. The lowest BCUT2D eigenvalue weighted by molar-refractivity contribution is -0.115. The normalized spacial score (nSPS) is 11.2. The monoisotopic (exact) mass is 314 g/mol. The molecule has 0 radical (unpaired) electrons. The first kappa shape index (κ1) is 17.4. The van der Waals surface area contributed by atoms with Crippen LogP contribution in [0.25, 0.3) is 0 Å². The molecule has 0 atom stereocenters. The topological polar surface area (TPSA) is 98.7 Å². The lowest BCUT2D eigenvalue weighted by atomic mass is 10.0. The van der Waals surface area contributed by atoms with Crippen LogP contribution < -0.4 is 10.6 Å². The second-order valence-corrected chi connectivity index (χ2v) is 5.67. The van der Waals surface area contributed by atoms with Gasteiger partial charge in [0.2, 0.25) is 5.91 Å². The molecule has 1 amide bonds. The predicted octanol–water partition coefficient (Wildman–Crippen LogP) is 1.73. The highest BCUT2D eigenvalue weighted by atomic mass is 35.5. The van der Waals surface area contributed by atoms with Crippen LogP contribution in [0.15, 0.2) is 18.2 Å². The summed E-state index contributed by atoms with van der Waals surface area (Å²) in [5.41, 5.74) is -0.0784. The zero-order valence-electron chi connectivity index (χ0n) is 11.9. The summed E-state index contributed by atoms with van der Waals surface area (Å²) >= 11 is 5.92. The third-order valence-electron chi connectivity index (χ3n) is 2.95. The van der Waals surface area contributed by atoms with E-state index in [1.165, 1.54) is 18.2 Å². The van der Waals surface area contributed by atoms with Crippen molar-refractivity contribution in [2.24, 2.45) is 0 Å². The van der Waals surface area contributed by atoms with Crippen molar-refractivity contribution in [3.8, 4) is 0 Å². The quantitative estimate of drug-likeness (QED) is 0.614. The van der Waals surface area contributed by atoms with Gasteiger partial charge in [-0.25, -0.2) is 4.79 Å². The van der Waals surface area contributed by atoms with Crippen molar-refractivity contribution in [1.82, 2.24) is 5.32 Å². The third-order valence-corrected chi connectivity index (χ3v) is 3.28. The molecule has 1 aromatic carbocycles. The Kier molecular flexibility index (Phi) is 6.14. The summed E-state index contributed by atoms with van der Waals surface area (Å²) < 4.78 is 0. The average Bonchev–Trinajstić information content (AvgIpc) is 2.39. The van der Waals surface area contributed by atoms with Gasteiger partial charge in [0.15, 0.2) is 0 Å². The lowest BCUT2D eigenvalue weighted by Crippen LogP contribution is -2.44. The summed E-state index contributed by atoms with van der Waals surface area (Å²) in [7, 11) is 0. The van der Waals surface area contributed by atoms with Crippen LogP contribution in [-0.4, -0.2) is 40.8 Å². The summed E-state index contributed by atoms with van der Waals surface area (Å²) in [5, 5.41) is 23.7. The summed E-state index contributed by atoms with van der Waals surface area (Å²) in [6.45, 7) is 3.79. The number of aliphatic hydroxyl groups excluding tert-OH is 1. The highest BCUT2D eigenvalue weighted by Gasteiger charge is 2.18. The fourth-order valence-corrected chi connectivity index (χ4v) is 1.80. The van der Waals surface area contributed by atoms with Gasteiger partial charge in [-0.1, -0.05) is 11.6 Å². The maximum atomic E-state index is 11.9. The molecule has 21 heavy (non-hydrogen) atoms. The largest absolute Gasteiger partial charge is 0.478 e. The van der Waals surface area contributed by atoms with Crippen LogP contribution in [0.2, 0.25) is 5.02 Å². The Balaban J connectivity index is 2.67. The molecular weight excluding hydrogens is 296 g/mol. The van der Waals surface area contributed by atoms with Crippen LogP contribution in [0.3, 0.4) is 0 Å². The maximum absolute atomic E-state index is 11.9. The van der Waals surface area contributed by atoms with Gasteiger partial charge in [0.05, 0.1) is 22.8 Å². The Morgan fingerprint density at radius 1 is 1.33 bits per heavy atom. The number of anilines is 1. The van der Waals surface area contributed by atoms with E-state index in [9.17, 15) is 9.59 Å². The number of nitrogens with one attached hydrogen (secondary N) is 2. The van der Waals surface area contributed by atoms with Gasteiger partial charge >= 0.3 is 5.97 Å². The molecule has 0 heterocycles. The van der Waals surface area contributed by atoms with E-state index in [0.717, 1.165) is 0 Å². The van der Waals surface area contributed by atoms with E-state index in [4.69, 9.17) is 21.8 Å². The van der Waals surface area contributed by atoms with Gasteiger partial charge in [0.25, 0.3) is 0 Å². The SMILES string of the molecule is CC(C)(CCO)NCC(=O)Nc1cc(C(=O)O)ccc1Cl. The Morgan fingerprint density at radius 2 is 2.00 bits per heavy atom. The number of carboxylic acid groups (broad SMARTS) is 1. The molecule has 0 saturated carbocycles. The summed E-state index contributed by atoms with van der Waals surface area (Å²) in [5.74, 6) is -1.44. The standard InChI is InChI=1S/C14H19ClN2O4/c1-14(2,5-6-18)16-8-12(19)17-11-7-9(13(20)21)3-4-10(11)15/h3-4,7,16,18H,5-6,8H2,1-2H3,(H,17,19)(H,20,21). The molecule has 0 aliphatic carbocycles. The second-order valence-electron chi connectivity index (χ2n) is 5.26. The highest BCUT2D eigenvalue weighted by molar-refractivity contribution is 6.33. The minimum Gasteiger partial charge on any atom is -0.478 e. The van der Waals surface area contributed by atoms with Crippen LogP contribution in [0.4, 0.5) is 5.69 Å². The van der Waals surface area contributed by atoms with Gasteiger partial charge in [-0.15, -0.1) is 0 Å². The van der Waals surface area contributed by atoms with E-state index in [0.29, 0.717) is 6.42 Å².